The quantitative estimate of drug-likeness (QED) is 0.698. The van der Waals surface area contributed by atoms with Crippen LogP contribution in [0, 0.1) is 0 Å². The summed E-state index contributed by atoms with van der Waals surface area (Å²) >= 11 is 0. The summed E-state index contributed by atoms with van der Waals surface area (Å²) in [6, 6.07) is 9.04. The summed E-state index contributed by atoms with van der Waals surface area (Å²) in [6.07, 6.45) is 3.78. The normalized spacial score (nSPS) is 10.3. The lowest BCUT2D eigenvalue weighted by atomic mass is 10.1. The van der Waals surface area contributed by atoms with Crippen LogP contribution in [0.3, 0.4) is 0 Å². The number of carbonyl (C=O) groups is 1. The molecule has 2 aromatic rings. The molecule has 0 radical (unpaired) electrons. The van der Waals surface area contributed by atoms with Gasteiger partial charge in [-0.1, -0.05) is 19.4 Å². The summed E-state index contributed by atoms with van der Waals surface area (Å²) < 4.78 is 11.1. The SMILES string of the molecule is CCCCOc1ccc(C(=O)NCc2cccnc2N(C)C)cc1OC. The molecule has 1 aromatic heterocycles. The van der Waals surface area contributed by atoms with Crippen LogP contribution in [0.2, 0.25) is 0 Å². The van der Waals surface area contributed by atoms with Gasteiger partial charge >= 0.3 is 0 Å². The van der Waals surface area contributed by atoms with Crippen LogP contribution in [0.25, 0.3) is 0 Å². The number of hydrogen-bond donors (Lipinski definition) is 1. The highest BCUT2D eigenvalue weighted by atomic mass is 16.5. The second-order valence-corrected chi connectivity index (χ2v) is 6.13. The standard InChI is InChI=1S/C20H27N3O3/c1-5-6-12-26-17-10-9-15(13-18(17)25-4)20(24)22-14-16-8-7-11-21-19(16)23(2)3/h7-11,13H,5-6,12,14H2,1-4H3,(H,22,24). The molecule has 2 rings (SSSR count). The van der Waals surface area contributed by atoms with Crippen molar-refractivity contribution in [3.8, 4) is 11.5 Å². The minimum Gasteiger partial charge on any atom is -0.493 e. The van der Waals surface area contributed by atoms with E-state index in [2.05, 4.69) is 17.2 Å². The molecule has 1 aromatic carbocycles. The first-order valence-electron chi connectivity index (χ1n) is 8.77. The molecule has 0 unspecified atom stereocenters. The van der Waals surface area contributed by atoms with E-state index in [-0.39, 0.29) is 5.91 Å². The van der Waals surface area contributed by atoms with E-state index in [1.807, 2.05) is 31.1 Å². The van der Waals surface area contributed by atoms with Crippen LogP contribution >= 0.6 is 0 Å². The molecule has 1 amide bonds. The molecular formula is C20H27N3O3. The third-order valence-electron chi connectivity index (χ3n) is 3.91. The molecule has 6 nitrogen and oxygen atoms in total. The molecule has 0 saturated carbocycles. The Morgan fingerprint density at radius 2 is 2.04 bits per heavy atom. The van der Waals surface area contributed by atoms with Crippen molar-refractivity contribution >= 4 is 11.7 Å². The predicted octanol–water partition coefficient (Wildman–Crippen LogP) is 3.27. The largest absolute Gasteiger partial charge is 0.493 e. The Morgan fingerprint density at radius 1 is 1.23 bits per heavy atom. The van der Waals surface area contributed by atoms with Crippen molar-refractivity contribution in [2.24, 2.45) is 0 Å². The van der Waals surface area contributed by atoms with Gasteiger partial charge < -0.3 is 19.7 Å². The zero-order valence-corrected chi connectivity index (χ0v) is 15.9. The maximum atomic E-state index is 12.5. The molecule has 1 N–H and O–H groups in total. The second-order valence-electron chi connectivity index (χ2n) is 6.13. The molecule has 140 valence electrons. The number of pyridine rings is 1. The summed E-state index contributed by atoms with van der Waals surface area (Å²) in [6.45, 7) is 3.14. The topological polar surface area (TPSA) is 63.7 Å². The summed E-state index contributed by atoms with van der Waals surface area (Å²) in [5, 5.41) is 2.93. The van der Waals surface area contributed by atoms with E-state index in [4.69, 9.17) is 9.47 Å². The van der Waals surface area contributed by atoms with Crippen molar-refractivity contribution in [2.75, 3.05) is 32.7 Å². The van der Waals surface area contributed by atoms with Crippen LogP contribution < -0.4 is 19.7 Å². The van der Waals surface area contributed by atoms with Gasteiger partial charge in [-0.3, -0.25) is 4.79 Å². The summed E-state index contributed by atoms with van der Waals surface area (Å²) in [4.78, 5) is 18.8. The van der Waals surface area contributed by atoms with Crippen molar-refractivity contribution in [1.29, 1.82) is 0 Å². The van der Waals surface area contributed by atoms with E-state index in [9.17, 15) is 4.79 Å². The lowest BCUT2D eigenvalue weighted by Gasteiger charge is -2.16. The fraction of sp³-hybridized carbons (Fsp3) is 0.400. The Labute approximate surface area is 155 Å². The summed E-state index contributed by atoms with van der Waals surface area (Å²) in [5.74, 6) is 1.88. The fourth-order valence-electron chi connectivity index (χ4n) is 2.50. The van der Waals surface area contributed by atoms with E-state index in [0.29, 0.717) is 30.2 Å². The van der Waals surface area contributed by atoms with Crippen LogP contribution in [-0.2, 0) is 6.54 Å². The molecule has 0 aliphatic carbocycles. The van der Waals surface area contributed by atoms with E-state index < -0.39 is 0 Å². The first-order valence-corrected chi connectivity index (χ1v) is 8.77. The number of ether oxygens (including phenoxy) is 2. The molecule has 6 heteroatoms. The molecule has 0 bridgehead atoms. The van der Waals surface area contributed by atoms with Gasteiger partial charge in [0.05, 0.1) is 13.7 Å². The third kappa shape index (κ3) is 5.12. The van der Waals surface area contributed by atoms with E-state index in [0.717, 1.165) is 24.2 Å². The van der Waals surface area contributed by atoms with Crippen LogP contribution in [0.4, 0.5) is 5.82 Å². The number of benzene rings is 1. The number of hydrogen-bond acceptors (Lipinski definition) is 5. The number of nitrogens with one attached hydrogen (secondary N) is 1. The average Bonchev–Trinajstić information content (AvgIpc) is 2.66. The highest BCUT2D eigenvalue weighted by Gasteiger charge is 2.12. The number of amides is 1. The minimum atomic E-state index is -0.169. The van der Waals surface area contributed by atoms with Crippen molar-refractivity contribution in [1.82, 2.24) is 10.3 Å². The molecule has 26 heavy (non-hydrogen) atoms. The van der Waals surface area contributed by atoms with E-state index in [1.165, 1.54) is 0 Å². The molecular weight excluding hydrogens is 330 g/mol. The zero-order chi connectivity index (χ0) is 18.9. The highest BCUT2D eigenvalue weighted by Crippen LogP contribution is 2.28. The lowest BCUT2D eigenvalue weighted by molar-refractivity contribution is 0.0950. The Bertz CT molecular complexity index is 732. The van der Waals surface area contributed by atoms with Gasteiger partial charge in [0.1, 0.15) is 5.82 Å². The first-order chi connectivity index (χ1) is 12.6. The molecule has 0 saturated heterocycles. The minimum absolute atomic E-state index is 0.169. The molecule has 0 fully saturated rings. The smallest absolute Gasteiger partial charge is 0.251 e. The Hall–Kier alpha value is -2.76. The number of carbonyl (C=O) groups excluding carboxylic acids is 1. The Kier molecular flexibility index (Phi) is 7.26. The highest BCUT2D eigenvalue weighted by molar-refractivity contribution is 5.94. The monoisotopic (exact) mass is 357 g/mol. The number of aromatic nitrogens is 1. The van der Waals surface area contributed by atoms with Gasteiger partial charge in [-0.25, -0.2) is 4.98 Å². The van der Waals surface area contributed by atoms with Crippen molar-refractivity contribution in [3.63, 3.8) is 0 Å². The Morgan fingerprint density at radius 3 is 2.73 bits per heavy atom. The van der Waals surface area contributed by atoms with Gasteiger partial charge in [0.25, 0.3) is 5.91 Å². The molecule has 1 heterocycles. The Balaban J connectivity index is 2.05. The number of rotatable bonds is 9. The summed E-state index contributed by atoms with van der Waals surface area (Å²) in [5.41, 5.74) is 1.48. The maximum Gasteiger partial charge on any atom is 0.251 e. The molecule has 0 aliphatic heterocycles. The van der Waals surface area contributed by atoms with E-state index >= 15 is 0 Å². The van der Waals surface area contributed by atoms with E-state index in [1.54, 1.807) is 31.5 Å². The predicted molar refractivity (Wildman–Crippen MR) is 103 cm³/mol. The van der Waals surface area contributed by atoms with Crippen LogP contribution in [-0.4, -0.2) is 38.7 Å². The number of anilines is 1. The molecule has 0 atom stereocenters. The second kappa shape index (κ2) is 9.65. The lowest BCUT2D eigenvalue weighted by Crippen LogP contribution is -2.24. The van der Waals surface area contributed by atoms with Crippen molar-refractivity contribution in [2.45, 2.75) is 26.3 Å². The molecule has 0 aliphatic rings. The third-order valence-corrected chi connectivity index (χ3v) is 3.91. The van der Waals surface area contributed by atoms with Gasteiger partial charge in [-0.15, -0.1) is 0 Å². The van der Waals surface area contributed by atoms with Gasteiger partial charge in [0.2, 0.25) is 0 Å². The van der Waals surface area contributed by atoms with Gasteiger partial charge in [-0.2, -0.15) is 0 Å². The van der Waals surface area contributed by atoms with Crippen LogP contribution in [0.5, 0.6) is 11.5 Å². The number of methoxy groups -OCH3 is 1. The average molecular weight is 357 g/mol. The van der Waals surface area contributed by atoms with Gasteiger partial charge in [0.15, 0.2) is 11.5 Å². The first kappa shape index (κ1) is 19.6. The van der Waals surface area contributed by atoms with Gasteiger partial charge in [-0.05, 0) is 30.7 Å². The van der Waals surface area contributed by atoms with Crippen molar-refractivity contribution in [3.05, 3.63) is 47.7 Å². The summed E-state index contributed by atoms with van der Waals surface area (Å²) in [7, 11) is 5.42. The maximum absolute atomic E-state index is 12.5. The van der Waals surface area contributed by atoms with Crippen LogP contribution in [0.15, 0.2) is 36.5 Å². The zero-order valence-electron chi connectivity index (χ0n) is 15.9. The molecule has 0 spiro atoms. The van der Waals surface area contributed by atoms with Crippen molar-refractivity contribution < 1.29 is 14.3 Å². The number of nitrogens with zero attached hydrogens (tertiary/aromatic N) is 2. The van der Waals surface area contributed by atoms with Gasteiger partial charge in [0, 0.05) is 38.0 Å². The van der Waals surface area contributed by atoms with Crippen LogP contribution in [0.1, 0.15) is 35.7 Å². The fourth-order valence-corrected chi connectivity index (χ4v) is 2.50. The number of unbranched alkanes of at least 4 members (excludes halogenated alkanes) is 1.